The molecule has 24 heavy (non-hydrogen) atoms. The van der Waals surface area contributed by atoms with E-state index in [1.54, 1.807) is 11.0 Å². The summed E-state index contributed by atoms with van der Waals surface area (Å²) in [4.78, 5) is 19.5. The molecule has 0 spiro atoms. The van der Waals surface area contributed by atoms with E-state index in [1.165, 1.54) is 11.2 Å². The molecule has 1 fully saturated rings. The molecule has 0 radical (unpaired) electrons. The lowest BCUT2D eigenvalue weighted by Gasteiger charge is -2.21. The summed E-state index contributed by atoms with van der Waals surface area (Å²) in [6, 6.07) is 10.5. The maximum Gasteiger partial charge on any atom is 0.317 e. The van der Waals surface area contributed by atoms with Gasteiger partial charge in [0.25, 0.3) is 0 Å². The molecule has 2 heterocycles. The fourth-order valence-corrected chi connectivity index (χ4v) is 3.89. The second kappa shape index (κ2) is 8.19. The molecule has 1 aliphatic heterocycles. The minimum Gasteiger partial charge on any atom is -0.334 e. The standard InChI is InChI=1S/C17H23N5OS/c1-14(9-22-13-18-12-19-22)20-17(23)21-8-7-15(10-21)11-24-16-5-3-2-4-6-16/h2-6,12-15H,7-11H2,1H3,(H,20,23)/t14-,15-/m0/s1. The van der Waals surface area contributed by atoms with E-state index in [2.05, 4.69) is 39.7 Å². The number of hydrogen-bond donors (Lipinski definition) is 1. The first kappa shape index (κ1) is 16.8. The smallest absolute Gasteiger partial charge is 0.317 e. The minimum absolute atomic E-state index is 0.0230. The number of carbonyl (C=O) groups excluding carboxylic acids is 1. The third kappa shape index (κ3) is 4.74. The van der Waals surface area contributed by atoms with Gasteiger partial charge in [0.1, 0.15) is 12.7 Å². The number of amides is 2. The Morgan fingerprint density at radius 2 is 2.25 bits per heavy atom. The van der Waals surface area contributed by atoms with Crippen LogP contribution in [0.5, 0.6) is 0 Å². The second-order valence-corrected chi connectivity index (χ2v) is 7.29. The summed E-state index contributed by atoms with van der Waals surface area (Å²) >= 11 is 1.87. The highest BCUT2D eigenvalue weighted by atomic mass is 32.2. The van der Waals surface area contributed by atoms with Crippen molar-refractivity contribution in [1.82, 2.24) is 25.0 Å². The first-order chi connectivity index (χ1) is 11.7. The van der Waals surface area contributed by atoms with Crippen molar-refractivity contribution in [2.24, 2.45) is 5.92 Å². The van der Waals surface area contributed by atoms with Crippen LogP contribution in [0.1, 0.15) is 13.3 Å². The topological polar surface area (TPSA) is 63.1 Å². The van der Waals surface area contributed by atoms with Crippen LogP contribution in [0.3, 0.4) is 0 Å². The Morgan fingerprint density at radius 3 is 3.00 bits per heavy atom. The molecule has 6 nitrogen and oxygen atoms in total. The Balaban J connectivity index is 1.40. The van der Waals surface area contributed by atoms with Gasteiger partial charge in [-0.1, -0.05) is 18.2 Å². The molecular weight excluding hydrogens is 322 g/mol. The Morgan fingerprint density at radius 1 is 1.42 bits per heavy atom. The number of benzene rings is 1. The van der Waals surface area contributed by atoms with Crippen molar-refractivity contribution in [3.05, 3.63) is 43.0 Å². The molecule has 2 aromatic rings. The Labute approximate surface area is 146 Å². The quantitative estimate of drug-likeness (QED) is 0.817. The number of thioether (sulfide) groups is 1. The van der Waals surface area contributed by atoms with Gasteiger partial charge in [-0.25, -0.2) is 9.78 Å². The van der Waals surface area contributed by atoms with Gasteiger partial charge in [-0.15, -0.1) is 11.8 Å². The number of aromatic nitrogens is 3. The lowest BCUT2D eigenvalue weighted by molar-refractivity contribution is 0.202. The van der Waals surface area contributed by atoms with Gasteiger partial charge in [0.2, 0.25) is 0 Å². The van der Waals surface area contributed by atoms with Crippen LogP contribution in [-0.4, -0.2) is 50.6 Å². The van der Waals surface area contributed by atoms with Crippen molar-refractivity contribution < 1.29 is 4.79 Å². The maximum absolute atomic E-state index is 12.4. The van der Waals surface area contributed by atoms with E-state index in [0.717, 1.165) is 25.3 Å². The van der Waals surface area contributed by atoms with Gasteiger partial charge in [0.15, 0.2) is 0 Å². The summed E-state index contributed by atoms with van der Waals surface area (Å²) in [5, 5.41) is 7.11. The Bertz CT molecular complexity index is 634. The fourth-order valence-electron chi connectivity index (χ4n) is 2.84. The summed E-state index contributed by atoms with van der Waals surface area (Å²) < 4.78 is 1.73. The van der Waals surface area contributed by atoms with Gasteiger partial charge in [-0.2, -0.15) is 5.10 Å². The van der Waals surface area contributed by atoms with Crippen LogP contribution in [0, 0.1) is 5.92 Å². The average molecular weight is 345 g/mol. The van der Waals surface area contributed by atoms with Crippen molar-refractivity contribution in [2.45, 2.75) is 30.8 Å². The van der Waals surface area contributed by atoms with Crippen molar-refractivity contribution in [1.29, 1.82) is 0 Å². The van der Waals surface area contributed by atoms with Gasteiger partial charge < -0.3 is 10.2 Å². The normalized spacial score (nSPS) is 18.5. The van der Waals surface area contributed by atoms with Crippen LogP contribution in [0.4, 0.5) is 4.79 Å². The van der Waals surface area contributed by atoms with Crippen molar-refractivity contribution in [2.75, 3.05) is 18.8 Å². The molecule has 1 N–H and O–H groups in total. The van der Waals surface area contributed by atoms with Crippen LogP contribution < -0.4 is 5.32 Å². The predicted molar refractivity (Wildman–Crippen MR) is 94.9 cm³/mol. The number of carbonyl (C=O) groups is 1. The van der Waals surface area contributed by atoms with E-state index in [9.17, 15) is 4.79 Å². The molecule has 3 rings (SSSR count). The highest BCUT2D eigenvalue weighted by Crippen LogP contribution is 2.25. The van der Waals surface area contributed by atoms with Crippen LogP contribution in [-0.2, 0) is 6.54 Å². The number of urea groups is 1. The Hall–Kier alpha value is -2.02. The molecule has 0 bridgehead atoms. The first-order valence-corrected chi connectivity index (χ1v) is 9.25. The van der Waals surface area contributed by atoms with Crippen LogP contribution in [0.15, 0.2) is 47.9 Å². The zero-order valence-corrected chi connectivity index (χ0v) is 14.7. The molecule has 7 heteroatoms. The highest BCUT2D eigenvalue weighted by molar-refractivity contribution is 7.99. The molecule has 2 atom stereocenters. The summed E-state index contributed by atoms with van der Waals surface area (Å²) in [5.74, 6) is 1.62. The highest BCUT2D eigenvalue weighted by Gasteiger charge is 2.26. The average Bonchev–Trinajstić information content (AvgIpc) is 3.25. The zero-order chi connectivity index (χ0) is 16.8. The minimum atomic E-state index is 0.0230. The number of rotatable bonds is 6. The van der Waals surface area contributed by atoms with Crippen LogP contribution in [0.2, 0.25) is 0 Å². The predicted octanol–water partition coefficient (Wildman–Crippen LogP) is 2.49. The van der Waals surface area contributed by atoms with E-state index in [0.29, 0.717) is 12.5 Å². The summed E-state index contributed by atoms with van der Waals surface area (Å²) in [6.07, 6.45) is 4.24. The number of likely N-dealkylation sites (tertiary alicyclic amines) is 1. The van der Waals surface area contributed by atoms with Crippen molar-refractivity contribution in [3.63, 3.8) is 0 Å². The molecule has 0 saturated carbocycles. The fraction of sp³-hybridized carbons (Fsp3) is 0.471. The van der Waals surface area contributed by atoms with Gasteiger partial charge in [0.05, 0.1) is 6.54 Å². The molecule has 0 unspecified atom stereocenters. The molecular formula is C17H23N5OS. The molecule has 1 aliphatic rings. The van der Waals surface area contributed by atoms with E-state index in [4.69, 9.17) is 0 Å². The zero-order valence-electron chi connectivity index (χ0n) is 13.8. The number of hydrogen-bond acceptors (Lipinski definition) is 4. The summed E-state index contributed by atoms with van der Waals surface area (Å²) in [7, 11) is 0. The lowest BCUT2D eigenvalue weighted by atomic mass is 10.2. The first-order valence-electron chi connectivity index (χ1n) is 8.26. The summed E-state index contributed by atoms with van der Waals surface area (Å²) in [5.41, 5.74) is 0. The molecule has 2 amide bonds. The van der Waals surface area contributed by atoms with Gasteiger partial charge >= 0.3 is 6.03 Å². The van der Waals surface area contributed by atoms with Crippen LogP contribution >= 0.6 is 11.8 Å². The number of nitrogens with one attached hydrogen (secondary N) is 1. The SMILES string of the molecule is C[C@@H](Cn1cncn1)NC(=O)N1CC[C@H](CSc2ccccc2)C1. The van der Waals surface area contributed by atoms with Crippen LogP contribution in [0.25, 0.3) is 0 Å². The Kier molecular flexibility index (Phi) is 5.74. The van der Waals surface area contributed by atoms with Crippen molar-refractivity contribution >= 4 is 17.8 Å². The lowest BCUT2D eigenvalue weighted by Crippen LogP contribution is -2.44. The van der Waals surface area contributed by atoms with Gasteiger partial charge in [-0.3, -0.25) is 4.68 Å². The maximum atomic E-state index is 12.4. The third-order valence-electron chi connectivity index (χ3n) is 4.10. The molecule has 1 aromatic heterocycles. The van der Waals surface area contributed by atoms with E-state index in [-0.39, 0.29) is 12.1 Å². The van der Waals surface area contributed by atoms with Gasteiger partial charge in [0, 0.05) is 29.8 Å². The molecule has 1 saturated heterocycles. The third-order valence-corrected chi connectivity index (χ3v) is 5.34. The van der Waals surface area contributed by atoms with E-state index >= 15 is 0 Å². The number of nitrogens with zero attached hydrogens (tertiary/aromatic N) is 4. The largest absolute Gasteiger partial charge is 0.334 e. The monoisotopic (exact) mass is 345 g/mol. The summed E-state index contributed by atoms with van der Waals surface area (Å²) in [6.45, 7) is 4.29. The second-order valence-electron chi connectivity index (χ2n) is 6.19. The van der Waals surface area contributed by atoms with Crippen molar-refractivity contribution in [3.8, 4) is 0 Å². The van der Waals surface area contributed by atoms with E-state index < -0.39 is 0 Å². The molecule has 0 aliphatic carbocycles. The van der Waals surface area contributed by atoms with Gasteiger partial charge in [-0.05, 0) is 31.4 Å². The molecule has 128 valence electrons. The molecule has 1 aromatic carbocycles. The van der Waals surface area contributed by atoms with E-state index in [1.807, 2.05) is 29.7 Å².